The van der Waals surface area contributed by atoms with E-state index in [9.17, 15) is 7.85 Å². The zero-order valence-corrected chi connectivity index (χ0v) is 42.3. The van der Waals surface area contributed by atoms with Gasteiger partial charge in [0, 0.05) is 53.1 Å². The molecule has 0 bridgehead atoms. The van der Waals surface area contributed by atoms with Crippen LogP contribution in [0.15, 0.2) is 134 Å². The Morgan fingerprint density at radius 1 is 0.457 bits per heavy atom. The van der Waals surface area contributed by atoms with Crippen LogP contribution in [0.2, 0.25) is 0 Å². The second-order valence-electron chi connectivity index (χ2n) is 22.8. The summed E-state index contributed by atoms with van der Waals surface area (Å²) >= 11 is 0. The zero-order valence-electron chi connectivity index (χ0n) is 62.3. The van der Waals surface area contributed by atoms with Gasteiger partial charge in [0.15, 0.2) is 0 Å². The maximum atomic E-state index is 13.4. The second kappa shape index (κ2) is 17.5. The molecule has 2 aromatic heterocycles. The van der Waals surface area contributed by atoms with Gasteiger partial charge in [-0.2, -0.15) is 0 Å². The molecule has 2 heterocycles. The van der Waals surface area contributed by atoms with Gasteiger partial charge in [0.1, 0.15) is 11.6 Å². The lowest BCUT2D eigenvalue weighted by molar-refractivity contribution is 0.446. The lowest BCUT2D eigenvalue weighted by Crippen LogP contribution is -2.21. The van der Waals surface area contributed by atoms with Crippen molar-refractivity contribution in [3.8, 4) is 67.5 Å². The fourth-order valence-corrected chi connectivity index (χ4v) is 8.88. The average Bonchev–Trinajstić information content (AvgIpc) is 0.838. The molecule has 4 heteroatoms. The van der Waals surface area contributed by atoms with Crippen molar-refractivity contribution in [3.05, 3.63) is 167 Å². The first kappa shape index (κ1) is 30.5. The fraction of sp³-hybridized carbons (Fsp3) is 0.364. The number of nitrogens with zero attached hydrogens (tertiary/aromatic N) is 3. The van der Waals surface area contributed by atoms with E-state index in [4.69, 9.17) is 34.6 Å². The lowest BCUT2D eigenvalue weighted by atomic mass is 9.77. The highest BCUT2D eigenvalue weighted by Gasteiger charge is 2.33. The summed E-state index contributed by atoms with van der Waals surface area (Å²) in [6.07, 6.45) is 1.72. The van der Waals surface area contributed by atoms with Crippen LogP contribution in [-0.2, 0) is 32.5 Å². The maximum Gasteiger partial charge on any atom is 0.149 e. The molecule has 4 nitrogen and oxygen atoms in total. The van der Waals surface area contributed by atoms with E-state index in [0.717, 1.165) is 27.8 Å². The highest BCUT2D eigenvalue weighted by atomic mass is 16.3. The largest absolute Gasteiger partial charge is 0.507 e. The molecule has 0 saturated carbocycles. The van der Waals surface area contributed by atoms with Crippen LogP contribution in [0.4, 0.5) is 0 Å². The number of imidazole rings is 1. The summed E-state index contributed by atoms with van der Waals surface area (Å²) in [5, 5.41) is 13.4. The van der Waals surface area contributed by atoms with Crippen LogP contribution in [0.3, 0.4) is 0 Å². The van der Waals surface area contributed by atoms with Gasteiger partial charge in [0.25, 0.3) is 0 Å². The number of hydrogen-bond donors (Lipinski definition) is 1. The van der Waals surface area contributed by atoms with Crippen LogP contribution in [0.25, 0.3) is 72.7 Å². The molecule has 0 radical (unpaired) electrons. The Morgan fingerprint density at radius 3 is 1.70 bits per heavy atom. The molecule has 0 unspecified atom stereocenters. The normalized spacial score (nSPS) is 18.3. The minimum absolute atomic E-state index is 0.0724. The van der Waals surface area contributed by atoms with E-state index in [0.29, 0.717) is 39.1 Å². The van der Waals surface area contributed by atoms with E-state index in [2.05, 4.69) is 45.0 Å². The van der Waals surface area contributed by atoms with E-state index >= 15 is 0 Å². The van der Waals surface area contributed by atoms with Crippen LogP contribution >= 0.6 is 0 Å². The van der Waals surface area contributed by atoms with Crippen molar-refractivity contribution in [1.82, 2.24) is 14.5 Å². The minimum Gasteiger partial charge on any atom is -0.507 e. The molecule has 362 valence electrons. The number of aromatic nitrogens is 3. The van der Waals surface area contributed by atoms with E-state index < -0.39 is 109 Å². The number of hydrogen-bond acceptors (Lipinski definition) is 3. The summed E-state index contributed by atoms with van der Waals surface area (Å²) in [6.45, 7) is -1.65. The Morgan fingerprint density at radius 2 is 1.09 bits per heavy atom. The van der Waals surface area contributed by atoms with Crippen molar-refractivity contribution >= 4 is 11.0 Å². The van der Waals surface area contributed by atoms with Gasteiger partial charge in [-0.15, -0.1) is 0 Å². The van der Waals surface area contributed by atoms with Crippen molar-refractivity contribution in [2.24, 2.45) is 0 Å². The van der Waals surface area contributed by atoms with E-state index in [1.807, 2.05) is 117 Å². The summed E-state index contributed by atoms with van der Waals surface area (Å²) in [7, 11) is 0. The lowest BCUT2D eigenvalue weighted by Gasteiger charge is -2.31. The predicted octanol–water partition coefficient (Wildman–Crippen LogP) is 18.2. The third-order valence-corrected chi connectivity index (χ3v) is 13.0. The smallest absolute Gasteiger partial charge is 0.149 e. The Kier molecular flexibility index (Phi) is 7.64. The molecular formula is C66H77N3O. The fourth-order valence-electron chi connectivity index (χ4n) is 8.88. The molecule has 0 spiro atoms. The number of phenolic OH excluding ortho intramolecular Hbond substituents is 1. The number of benzene rings is 6. The molecule has 0 aliphatic carbocycles. The van der Waals surface area contributed by atoms with Crippen molar-refractivity contribution in [2.75, 3.05) is 0 Å². The van der Waals surface area contributed by atoms with Crippen LogP contribution in [0, 0.1) is 0 Å². The number of fused-ring (bicyclic) bond motifs is 1. The summed E-state index contributed by atoms with van der Waals surface area (Å²) in [4.78, 5) is 10.1. The predicted molar refractivity (Wildman–Crippen MR) is 300 cm³/mol. The summed E-state index contributed by atoms with van der Waals surface area (Å²) < 4.78 is 182. The first-order valence-electron chi connectivity index (χ1n) is 33.6. The summed E-state index contributed by atoms with van der Waals surface area (Å²) in [5.41, 5.74) is -6.65. The van der Waals surface area contributed by atoms with Gasteiger partial charge in [-0.25, -0.2) is 4.98 Å². The van der Waals surface area contributed by atoms with Crippen molar-refractivity contribution in [3.63, 3.8) is 0 Å². The Hall–Kier alpha value is -6.26. The highest BCUT2D eigenvalue weighted by Crippen LogP contribution is 2.48. The van der Waals surface area contributed by atoms with Gasteiger partial charge in [-0.3, -0.25) is 9.55 Å². The van der Waals surface area contributed by atoms with Crippen LogP contribution < -0.4 is 0 Å². The first-order chi connectivity index (χ1) is 40.8. The Bertz CT molecular complexity index is 3890. The van der Waals surface area contributed by atoms with Crippen LogP contribution in [0.1, 0.15) is 185 Å². The number of rotatable bonds is 6. The summed E-state index contributed by atoms with van der Waals surface area (Å²) in [6, 6.07) is 32.7. The third-order valence-electron chi connectivity index (χ3n) is 13.0. The van der Waals surface area contributed by atoms with Crippen LogP contribution in [0.5, 0.6) is 5.75 Å². The molecular weight excluding hydrogens is 851 g/mol. The zero-order chi connectivity index (χ0) is 67.8. The minimum atomic E-state index is -4.44. The molecule has 70 heavy (non-hydrogen) atoms. The number of para-hydroxylation sites is 1. The topological polar surface area (TPSA) is 50.9 Å². The van der Waals surface area contributed by atoms with Crippen molar-refractivity contribution in [2.45, 2.75) is 157 Å². The molecule has 1 N–H and O–H groups in total. The van der Waals surface area contributed by atoms with E-state index in [-0.39, 0.29) is 22.1 Å². The quantitative estimate of drug-likeness (QED) is 0.181. The molecule has 0 aliphatic rings. The molecule has 0 aliphatic heterocycles. The number of aromatic hydroxyl groups is 1. The average molecular weight is 948 g/mol. The molecule has 0 atom stereocenters. The van der Waals surface area contributed by atoms with Gasteiger partial charge < -0.3 is 5.11 Å². The van der Waals surface area contributed by atoms with Crippen molar-refractivity contribution in [1.29, 1.82) is 0 Å². The van der Waals surface area contributed by atoms with Gasteiger partial charge in [-0.1, -0.05) is 209 Å². The molecule has 8 aromatic rings. The number of pyridine rings is 1. The Labute approximate surface area is 448 Å². The number of phenols is 1. The van der Waals surface area contributed by atoms with Gasteiger partial charge in [0.2, 0.25) is 0 Å². The molecule has 8 rings (SSSR count). The SMILES string of the molecule is [2H]c1c(-c2nc3c(-c4cc(-c5cc(-c6ccc(C(C)(C)C)cc6)ccn5)cc(C(C)(C)C)c4)cccc3n2-c2c(-c3ccccc3)cc(C(C)(C)C)cc2C(C)(C)C)c(O)c(C(C([2H])([2H])[2H])(C([2H])([2H])[2H])C([2H])([2H])[2H])c([2H])c1C(C([2H])([2H])[2H])(C([2H])([2H])[2H])C([2H])([2H])[2H]. The van der Waals surface area contributed by atoms with E-state index in [1.165, 1.54) is 4.57 Å². The maximum absolute atomic E-state index is 13.4. The van der Waals surface area contributed by atoms with Gasteiger partial charge in [0.05, 0.1) is 30.7 Å². The first-order valence-corrected chi connectivity index (χ1v) is 23.6. The van der Waals surface area contributed by atoms with Crippen LogP contribution in [-0.4, -0.2) is 19.6 Å². The monoisotopic (exact) mass is 948 g/mol. The van der Waals surface area contributed by atoms with E-state index in [1.54, 1.807) is 42.6 Å². The second-order valence-corrected chi connectivity index (χ2v) is 22.8. The molecule has 0 amide bonds. The van der Waals surface area contributed by atoms with Gasteiger partial charge in [-0.05, 0) is 125 Å². The molecule has 6 aromatic carbocycles. The highest BCUT2D eigenvalue weighted by molar-refractivity contribution is 5.98. The summed E-state index contributed by atoms with van der Waals surface area (Å²) in [5.74, 6) is -2.33. The van der Waals surface area contributed by atoms with Gasteiger partial charge >= 0.3 is 0 Å². The Balaban J connectivity index is 1.70. The van der Waals surface area contributed by atoms with Crippen molar-refractivity contribution < 1.29 is 32.5 Å². The standard InChI is InChI=1S/C66H77N3O/c1-61(2,3)46-29-27-41(28-30-46)43-31-32-67-55(36-43)45-33-44(34-47(35-45)62(4,5)6)50-25-22-26-56-57(50)68-60(52-38-49(64(10,11)12)40-54(59(52)70)66(16,17)18)69(56)58-51(42-23-20-19-21-24-42)37-48(63(7,8)9)39-53(58)65(13,14)15/h19-40,70H,1-18H3/i10D3,11D3,12D3,16D3,17D3,18D3,38D,40D. The molecule has 0 fully saturated rings. The molecule has 0 saturated heterocycles. The third kappa shape index (κ3) is 9.89.